The predicted molar refractivity (Wildman–Crippen MR) is 78.4 cm³/mol. The van der Waals surface area contributed by atoms with Crippen LogP contribution in [0.3, 0.4) is 0 Å². The summed E-state index contributed by atoms with van der Waals surface area (Å²) in [6.45, 7) is 5.94. The Labute approximate surface area is 124 Å². The summed E-state index contributed by atoms with van der Waals surface area (Å²) >= 11 is 0. The van der Waals surface area contributed by atoms with E-state index in [-0.39, 0.29) is 18.7 Å². The molecule has 118 valence electrons. The van der Waals surface area contributed by atoms with Gasteiger partial charge in [-0.05, 0) is 25.1 Å². The lowest BCUT2D eigenvalue weighted by Gasteiger charge is -2.17. The maximum absolute atomic E-state index is 14.3. The SMILES string of the molecule is C=CCN(C)S(=O)(=O)c1ccc(F)c(CNCCC)c1F. The highest BCUT2D eigenvalue weighted by atomic mass is 32.2. The number of halogens is 2. The molecule has 0 aliphatic rings. The van der Waals surface area contributed by atoms with Gasteiger partial charge in [0.2, 0.25) is 10.0 Å². The van der Waals surface area contributed by atoms with Crippen LogP contribution in [-0.4, -0.2) is 32.9 Å². The Morgan fingerprint density at radius 2 is 2.05 bits per heavy atom. The lowest BCUT2D eigenvalue weighted by molar-refractivity contribution is 0.479. The summed E-state index contributed by atoms with van der Waals surface area (Å²) < 4.78 is 53.5. The van der Waals surface area contributed by atoms with E-state index in [9.17, 15) is 17.2 Å². The highest BCUT2D eigenvalue weighted by molar-refractivity contribution is 7.89. The fourth-order valence-corrected chi connectivity index (χ4v) is 3.00. The summed E-state index contributed by atoms with van der Waals surface area (Å²) in [5, 5.41) is 2.86. The van der Waals surface area contributed by atoms with E-state index >= 15 is 0 Å². The van der Waals surface area contributed by atoms with E-state index in [1.807, 2.05) is 6.92 Å². The van der Waals surface area contributed by atoms with Crippen molar-refractivity contribution < 1.29 is 17.2 Å². The van der Waals surface area contributed by atoms with Crippen molar-refractivity contribution in [3.63, 3.8) is 0 Å². The zero-order valence-corrected chi connectivity index (χ0v) is 13.0. The molecule has 0 atom stereocenters. The van der Waals surface area contributed by atoms with Gasteiger partial charge in [-0.15, -0.1) is 6.58 Å². The molecule has 1 aromatic rings. The zero-order chi connectivity index (χ0) is 16.0. The van der Waals surface area contributed by atoms with Crippen molar-refractivity contribution in [1.29, 1.82) is 0 Å². The molecule has 0 heterocycles. The first-order valence-electron chi connectivity index (χ1n) is 6.61. The molecule has 1 rings (SSSR count). The van der Waals surface area contributed by atoms with Gasteiger partial charge < -0.3 is 5.32 Å². The molecule has 0 amide bonds. The molecule has 0 spiro atoms. The molecule has 1 aromatic carbocycles. The molecule has 0 radical (unpaired) electrons. The number of benzene rings is 1. The van der Waals surface area contributed by atoms with E-state index < -0.39 is 26.6 Å². The van der Waals surface area contributed by atoms with Gasteiger partial charge in [-0.2, -0.15) is 4.31 Å². The van der Waals surface area contributed by atoms with E-state index in [2.05, 4.69) is 11.9 Å². The molecule has 1 N–H and O–H groups in total. The van der Waals surface area contributed by atoms with Gasteiger partial charge in [0.05, 0.1) is 0 Å². The smallest absolute Gasteiger partial charge is 0.246 e. The van der Waals surface area contributed by atoms with Gasteiger partial charge in [-0.25, -0.2) is 17.2 Å². The van der Waals surface area contributed by atoms with Crippen LogP contribution in [0.15, 0.2) is 29.7 Å². The number of sulfonamides is 1. The summed E-state index contributed by atoms with van der Waals surface area (Å²) in [5.41, 5.74) is -0.267. The van der Waals surface area contributed by atoms with Crippen LogP contribution in [0, 0.1) is 11.6 Å². The molecule has 21 heavy (non-hydrogen) atoms. The molecule has 0 aromatic heterocycles. The van der Waals surface area contributed by atoms with Crippen molar-refractivity contribution >= 4 is 10.0 Å². The second-order valence-electron chi connectivity index (χ2n) is 4.59. The maximum atomic E-state index is 14.3. The van der Waals surface area contributed by atoms with Crippen LogP contribution in [0.4, 0.5) is 8.78 Å². The highest BCUT2D eigenvalue weighted by Crippen LogP contribution is 2.23. The minimum atomic E-state index is -4.01. The maximum Gasteiger partial charge on any atom is 0.246 e. The zero-order valence-electron chi connectivity index (χ0n) is 12.2. The van der Waals surface area contributed by atoms with E-state index in [1.165, 1.54) is 13.1 Å². The number of hydrogen-bond acceptors (Lipinski definition) is 3. The lowest BCUT2D eigenvalue weighted by Crippen LogP contribution is -2.28. The molecule has 0 saturated heterocycles. The fourth-order valence-electron chi connectivity index (χ4n) is 1.78. The van der Waals surface area contributed by atoms with Crippen molar-refractivity contribution in [2.75, 3.05) is 20.1 Å². The van der Waals surface area contributed by atoms with E-state index in [1.54, 1.807) is 0 Å². The minimum Gasteiger partial charge on any atom is -0.312 e. The van der Waals surface area contributed by atoms with E-state index in [0.29, 0.717) is 6.54 Å². The Bertz CT molecular complexity index is 603. The van der Waals surface area contributed by atoms with Crippen LogP contribution < -0.4 is 5.32 Å². The summed E-state index contributed by atoms with van der Waals surface area (Å²) in [7, 11) is -2.69. The minimum absolute atomic E-state index is 0.0442. The predicted octanol–water partition coefficient (Wildman–Crippen LogP) is 2.27. The van der Waals surface area contributed by atoms with Gasteiger partial charge in [0.15, 0.2) is 5.82 Å². The molecular weight excluding hydrogens is 298 g/mol. The quantitative estimate of drug-likeness (QED) is 0.591. The molecule has 0 unspecified atom stereocenters. The Balaban J connectivity index is 3.20. The molecule has 7 heteroatoms. The highest BCUT2D eigenvalue weighted by Gasteiger charge is 2.26. The summed E-state index contributed by atoms with van der Waals surface area (Å²) in [6, 6.07) is 1.92. The number of nitrogens with one attached hydrogen (secondary N) is 1. The largest absolute Gasteiger partial charge is 0.312 e. The first kappa shape index (κ1) is 17.7. The molecule has 0 aliphatic heterocycles. The monoisotopic (exact) mass is 318 g/mol. The summed E-state index contributed by atoms with van der Waals surface area (Å²) in [6.07, 6.45) is 2.20. The average Bonchev–Trinajstić information content (AvgIpc) is 2.42. The van der Waals surface area contributed by atoms with Crippen molar-refractivity contribution in [2.24, 2.45) is 0 Å². The molecule has 0 fully saturated rings. The van der Waals surface area contributed by atoms with Crippen LogP contribution in [0.1, 0.15) is 18.9 Å². The number of hydrogen-bond donors (Lipinski definition) is 1. The fraction of sp³-hybridized carbons (Fsp3) is 0.429. The van der Waals surface area contributed by atoms with Gasteiger partial charge in [0.25, 0.3) is 0 Å². The summed E-state index contributed by atoms with van der Waals surface area (Å²) in [5.74, 6) is -1.81. The van der Waals surface area contributed by atoms with E-state index in [0.717, 1.165) is 22.9 Å². The molecular formula is C14H20F2N2O2S. The van der Waals surface area contributed by atoms with Crippen LogP contribution in [0.2, 0.25) is 0 Å². The van der Waals surface area contributed by atoms with Crippen LogP contribution in [-0.2, 0) is 16.6 Å². The molecule has 0 saturated carbocycles. The van der Waals surface area contributed by atoms with Crippen LogP contribution in [0.25, 0.3) is 0 Å². The number of nitrogens with zero attached hydrogens (tertiary/aromatic N) is 1. The Kier molecular flexibility index (Phi) is 6.44. The third-order valence-electron chi connectivity index (χ3n) is 2.95. The van der Waals surface area contributed by atoms with Crippen LogP contribution >= 0.6 is 0 Å². The average molecular weight is 318 g/mol. The molecule has 0 bridgehead atoms. The Morgan fingerprint density at radius 3 is 2.62 bits per heavy atom. The second-order valence-corrected chi connectivity index (χ2v) is 6.60. The van der Waals surface area contributed by atoms with Gasteiger partial charge in [0.1, 0.15) is 10.7 Å². The first-order chi connectivity index (χ1) is 9.86. The Hall–Kier alpha value is -1.31. The van der Waals surface area contributed by atoms with Crippen LogP contribution in [0.5, 0.6) is 0 Å². The van der Waals surface area contributed by atoms with Crippen molar-refractivity contribution in [2.45, 2.75) is 24.8 Å². The number of rotatable bonds is 8. The lowest BCUT2D eigenvalue weighted by atomic mass is 10.2. The van der Waals surface area contributed by atoms with Gasteiger partial charge >= 0.3 is 0 Å². The first-order valence-corrected chi connectivity index (χ1v) is 8.05. The van der Waals surface area contributed by atoms with E-state index in [4.69, 9.17) is 0 Å². The van der Waals surface area contributed by atoms with Gasteiger partial charge in [-0.3, -0.25) is 0 Å². The van der Waals surface area contributed by atoms with Crippen molar-refractivity contribution in [3.8, 4) is 0 Å². The molecule has 0 aliphatic carbocycles. The van der Waals surface area contributed by atoms with Crippen molar-refractivity contribution in [1.82, 2.24) is 9.62 Å². The standard InChI is InChI=1S/C14H20F2N2O2S/c1-4-8-17-10-11-12(15)6-7-13(14(11)16)21(19,20)18(3)9-5-2/h5-7,17H,2,4,8-10H2,1,3H3. The second kappa shape index (κ2) is 7.63. The van der Waals surface area contributed by atoms with Gasteiger partial charge in [-0.1, -0.05) is 13.0 Å². The third-order valence-corrected chi connectivity index (χ3v) is 4.79. The number of likely N-dealkylation sites (N-methyl/N-ethyl adjacent to an activating group) is 1. The van der Waals surface area contributed by atoms with Crippen molar-refractivity contribution in [3.05, 3.63) is 42.0 Å². The normalized spacial score (nSPS) is 11.9. The summed E-state index contributed by atoms with van der Waals surface area (Å²) in [4.78, 5) is -0.526. The topological polar surface area (TPSA) is 49.4 Å². The third kappa shape index (κ3) is 4.09. The molecule has 4 nitrogen and oxygen atoms in total. The Morgan fingerprint density at radius 1 is 1.38 bits per heavy atom. The van der Waals surface area contributed by atoms with Gasteiger partial charge in [0, 0.05) is 25.7 Å².